The zero-order chi connectivity index (χ0) is 13.0. The molecule has 0 aliphatic carbocycles. The van der Waals surface area contributed by atoms with E-state index < -0.39 is 0 Å². The van der Waals surface area contributed by atoms with Gasteiger partial charge in [-0.25, -0.2) is 0 Å². The van der Waals surface area contributed by atoms with E-state index in [-0.39, 0.29) is 10.6 Å². The van der Waals surface area contributed by atoms with Crippen LogP contribution in [0.15, 0.2) is 41.8 Å². The number of benzene rings is 1. The summed E-state index contributed by atoms with van der Waals surface area (Å²) in [6.45, 7) is 0. The van der Waals surface area contributed by atoms with E-state index in [4.69, 9.17) is 4.74 Å². The maximum absolute atomic E-state index is 11.1. The third-order valence-electron chi connectivity index (χ3n) is 2.40. The molecule has 4 nitrogen and oxygen atoms in total. The van der Waals surface area contributed by atoms with Gasteiger partial charge in [0.1, 0.15) is 5.75 Å². The van der Waals surface area contributed by atoms with Crippen LogP contribution in [0.1, 0.15) is 10.4 Å². The molecule has 0 aliphatic heterocycles. The fourth-order valence-corrected chi connectivity index (χ4v) is 2.16. The minimum Gasteiger partial charge on any atom is -0.497 e. The molecule has 0 N–H and O–H groups in total. The molecule has 0 radical (unpaired) electrons. The second kappa shape index (κ2) is 5.46. The van der Waals surface area contributed by atoms with Gasteiger partial charge in [-0.15, -0.1) is 11.3 Å². The average Bonchev–Trinajstić information content (AvgIpc) is 2.89. The molecule has 1 heterocycles. The van der Waals surface area contributed by atoms with Crippen LogP contribution in [-0.2, 0) is 0 Å². The number of nitro groups is 1. The van der Waals surface area contributed by atoms with E-state index in [2.05, 4.69) is 0 Å². The summed E-state index contributed by atoms with van der Waals surface area (Å²) < 4.78 is 5.03. The van der Waals surface area contributed by atoms with Crippen LogP contribution in [0, 0.1) is 10.1 Å². The summed E-state index contributed by atoms with van der Waals surface area (Å²) >= 11 is 1.47. The van der Waals surface area contributed by atoms with E-state index >= 15 is 0 Å². The highest BCUT2D eigenvalue weighted by molar-refractivity contribution is 7.10. The lowest BCUT2D eigenvalue weighted by molar-refractivity contribution is -0.374. The molecule has 92 valence electrons. The molecule has 0 spiro atoms. The Kier molecular flexibility index (Phi) is 3.74. The monoisotopic (exact) mass is 261 g/mol. The van der Waals surface area contributed by atoms with Gasteiger partial charge in [-0.05, 0) is 35.7 Å². The van der Waals surface area contributed by atoms with Crippen molar-refractivity contribution in [3.05, 3.63) is 62.3 Å². The highest BCUT2D eigenvalue weighted by Crippen LogP contribution is 2.23. The fourth-order valence-electron chi connectivity index (χ4n) is 1.51. The molecular formula is C13H11NO3S. The molecule has 1 aromatic heterocycles. The van der Waals surface area contributed by atoms with E-state index in [1.54, 1.807) is 37.5 Å². The molecule has 0 fully saturated rings. The number of hydrogen-bond acceptors (Lipinski definition) is 4. The maximum Gasteiger partial charge on any atom is 0.277 e. The standard InChI is InChI=1S/C13H11NO3S/c1-17-11-6-4-10(5-7-11)13(14(15)16)9-12-3-2-8-18-12/h2-9H,1H3. The molecule has 2 rings (SSSR count). The third kappa shape index (κ3) is 2.75. The summed E-state index contributed by atoms with van der Waals surface area (Å²) in [5.74, 6) is 0.678. The normalized spacial score (nSPS) is 11.3. The Morgan fingerprint density at radius 3 is 2.56 bits per heavy atom. The van der Waals surface area contributed by atoms with Crippen molar-refractivity contribution in [1.82, 2.24) is 0 Å². The van der Waals surface area contributed by atoms with Crippen molar-refractivity contribution in [3.63, 3.8) is 0 Å². The zero-order valence-electron chi connectivity index (χ0n) is 9.70. The van der Waals surface area contributed by atoms with Crippen molar-refractivity contribution in [2.75, 3.05) is 7.11 Å². The maximum atomic E-state index is 11.1. The van der Waals surface area contributed by atoms with E-state index in [1.807, 2.05) is 17.5 Å². The predicted octanol–water partition coefficient (Wildman–Crippen LogP) is 3.53. The number of ether oxygens (including phenoxy) is 1. The van der Waals surface area contributed by atoms with Crippen molar-refractivity contribution in [1.29, 1.82) is 0 Å². The SMILES string of the molecule is COc1ccc(C(=Cc2cccs2)[N+](=O)[O-])cc1. The largest absolute Gasteiger partial charge is 0.497 e. The molecular weight excluding hydrogens is 250 g/mol. The highest BCUT2D eigenvalue weighted by atomic mass is 32.1. The summed E-state index contributed by atoms with van der Waals surface area (Å²) in [5, 5.41) is 13.0. The summed E-state index contributed by atoms with van der Waals surface area (Å²) in [4.78, 5) is 11.6. The quantitative estimate of drug-likeness (QED) is 0.625. The minimum atomic E-state index is -0.373. The van der Waals surface area contributed by atoms with E-state index in [0.717, 1.165) is 4.88 Å². The van der Waals surface area contributed by atoms with Crippen LogP contribution in [-0.4, -0.2) is 12.0 Å². The zero-order valence-corrected chi connectivity index (χ0v) is 10.5. The number of hydrogen-bond donors (Lipinski definition) is 0. The van der Waals surface area contributed by atoms with Crippen molar-refractivity contribution in [3.8, 4) is 5.75 Å². The molecule has 1 aromatic carbocycles. The molecule has 18 heavy (non-hydrogen) atoms. The Morgan fingerprint density at radius 2 is 2.06 bits per heavy atom. The van der Waals surface area contributed by atoms with Crippen LogP contribution in [0.4, 0.5) is 0 Å². The number of rotatable bonds is 4. The molecule has 0 aliphatic rings. The highest BCUT2D eigenvalue weighted by Gasteiger charge is 2.14. The smallest absolute Gasteiger partial charge is 0.277 e. The van der Waals surface area contributed by atoms with Crippen molar-refractivity contribution >= 4 is 23.1 Å². The van der Waals surface area contributed by atoms with Gasteiger partial charge in [0.15, 0.2) is 0 Å². The second-order valence-corrected chi connectivity index (χ2v) is 4.51. The van der Waals surface area contributed by atoms with Crippen LogP contribution >= 0.6 is 11.3 Å². The van der Waals surface area contributed by atoms with Crippen molar-refractivity contribution in [2.24, 2.45) is 0 Å². The van der Waals surface area contributed by atoms with Gasteiger partial charge in [0.05, 0.1) is 17.6 Å². The molecule has 0 saturated carbocycles. The van der Waals surface area contributed by atoms with Gasteiger partial charge in [-0.2, -0.15) is 0 Å². The number of thiophene rings is 1. The Labute approximate surface area is 108 Å². The first-order chi connectivity index (χ1) is 8.70. The van der Waals surface area contributed by atoms with Crippen molar-refractivity contribution < 1.29 is 9.66 Å². The first kappa shape index (κ1) is 12.3. The van der Waals surface area contributed by atoms with Crippen molar-refractivity contribution in [2.45, 2.75) is 0 Å². The Balaban J connectivity index is 2.38. The fraction of sp³-hybridized carbons (Fsp3) is 0.0769. The first-order valence-corrected chi connectivity index (χ1v) is 6.12. The van der Waals surface area contributed by atoms with Gasteiger partial charge in [-0.3, -0.25) is 10.1 Å². The molecule has 0 saturated heterocycles. The lowest BCUT2D eigenvalue weighted by Gasteiger charge is -2.01. The molecule has 0 unspecified atom stereocenters. The molecule has 0 amide bonds. The van der Waals surface area contributed by atoms with Gasteiger partial charge >= 0.3 is 0 Å². The van der Waals surface area contributed by atoms with E-state index in [1.165, 1.54) is 11.3 Å². The van der Waals surface area contributed by atoms with Crippen LogP contribution < -0.4 is 4.74 Å². The first-order valence-electron chi connectivity index (χ1n) is 5.25. The van der Waals surface area contributed by atoms with E-state index in [9.17, 15) is 10.1 Å². The molecule has 0 atom stereocenters. The molecule has 2 aromatic rings. The number of nitrogens with zero attached hydrogens (tertiary/aromatic N) is 1. The Bertz CT molecular complexity index is 558. The van der Waals surface area contributed by atoms with Gasteiger partial charge < -0.3 is 4.74 Å². The average molecular weight is 261 g/mol. The van der Waals surface area contributed by atoms with Crippen LogP contribution in [0.2, 0.25) is 0 Å². The minimum absolute atomic E-state index is 0.0834. The van der Waals surface area contributed by atoms with Gasteiger partial charge in [0.2, 0.25) is 0 Å². The van der Waals surface area contributed by atoms with Gasteiger partial charge in [0.25, 0.3) is 5.70 Å². The Hall–Kier alpha value is -2.14. The summed E-state index contributed by atoms with van der Waals surface area (Å²) in [6.07, 6.45) is 1.58. The third-order valence-corrected chi connectivity index (χ3v) is 3.22. The van der Waals surface area contributed by atoms with Gasteiger partial charge in [-0.1, -0.05) is 6.07 Å². The molecule has 0 bridgehead atoms. The number of methoxy groups -OCH3 is 1. The summed E-state index contributed by atoms with van der Waals surface area (Å²) in [7, 11) is 1.56. The molecule has 5 heteroatoms. The summed E-state index contributed by atoms with van der Waals surface area (Å²) in [6, 6.07) is 10.5. The van der Waals surface area contributed by atoms with E-state index in [0.29, 0.717) is 11.3 Å². The van der Waals surface area contributed by atoms with Crippen LogP contribution in [0.25, 0.3) is 11.8 Å². The Morgan fingerprint density at radius 1 is 1.33 bits per heavy atom. The predicted molar refractivity (Wildman–Crippen MR) is 72.2 cm³/mol. The topological polar surface area (TPSA) is 52.4 Å². The van der Waals surface area contributed by atoms with Crippen LogP contribution in [0.3, 0.4) is 0 Å². The summed E-state index contributed by atoms with van der Waals surface area (Å²) in [5.41, 5.74) is 0.648. The second-order valence-electron chi connectivity index (χ2n) is 3.53. The van der Waals surface area contributed by atoms with Crippen LogP contribution in [0.5, 0.6) is 5.75 Å². The lowest BCUT2D eigenvalue weighted by Crippen LogP contribution is -1.97. The van der Waals surface area contributed by atoms with Gasteiger partial charge in [0, 0.05) is 11.0 Å². The lowest BCUT2D eigenvalue weighted by atomic mass is 10.1.